The topological polar surface area (TPSA) is 83.8 Å². The summed E-state index contributed by atoms with van der Waals surface area (Å²) in [5.41, 5.74) is 3.74. The molecule has 1 aliphatic heterocycles. The minimum absolute atomic E-state index is 0.0360. The summed E-state index contributed by atoms with van der Waals surface area (Å²) >= 11 is 0. The minimum atomic E-state index is -1.23. The molecule has 7 nitrogen and oxygen atoms in total. The van der Waals surface area contributed by atoms with Crippen LogP contribution in [0.2, 0.25) is 0 Å². The Labute approximate surface area is 151 Å². The van der Waals surface area contributed by atoms with Crippen molar-refractivity contribution in [3.63, 3.8) is 0 Å². The van der Waals surface area contributed by atoms with E-state index in [2.05, 4.69) is 5.43 Å². The van der Waals surface area contributed by atoms with Gasteiger partial charge in [-0.3, -0.25) is 4.79 Å². The molecule has 0 radical (unpaired) electrons. The van der Waals surface area contributed by atoms with E-state index in [0.717, 1.165) is 11.1 Å². The molecule has 2 N–H and O–H groups in total. The number of carboxylic acids is 1. The number of carboxylic acid groups (broad SMARTS) is 1. The molecule has 0 amide bonds. The van der Waals surface area contributed by atoms with Gasteiger partial charge in [-0.05, 0) is 23.3 Å². The number of carbonyl (C=O) groups is 1. The SMILES string of the molecule is COCC1(C(=O)O)C=CN(Cc2ccc(Cn3ccccc3=O)cc2)N1. The number of benzene rings is 1. The normalized spacial score (nSPS) is 19.0. The van der Waals surface area contributed by atoms with Crippen molar-refractivity contribution in [2.45, 2.75) is 18.6 Å². The van der Waals surface area contributed by atoms with Gasteiger partial charge in [0.2, 0.25) is 0 Å². The summed E-state index contributed by atoms with van der Waals surface area (Å²) in [6, 6.07) is 13.0. The summed E-state index contributed by atoms with van der Waals surface area (Å²) in [4.78, 5) is 23.3. The Morgan fingerprint density at radius 2 is 1.85 bits per heavy atom. The molecule has 1 unspecified atom stereocenters. The maximum Gasteiger partial charge on any atom is 0.332 e. The lowest BCUT2D eigenvalue weighted by atomic mass is 10.0. The van der Waals surface area contributed by atoms with E-state index in [1.807, 2.05) is 30.3 Å². The van der Waals surface area contributed by atoms with Gasteiger partial charge in [0, 0.05) is 25.6 Å². The molecule has 26 heavy (non-hydrogen) atoms. The zero-order valence-electron chi connectivity index (χ0n) is 14.5. The van der Waals surface area contributed by atoms with Gasteiger partial charge in [0.25, 0.3) is 5.56 Å². The van der Waals surface area contributed by atoms with Crippen LogP contribution in [0.25, 0.3) is 0 Å². The fourth-order valence-corrected chi connectivity index (χ4v) is 2.86. The maximum absolute atomic E-state index is 11.8. The largest absolute Gasteiger partial charge is 0.480 e. The molecule has 0 fully saturated rings. The van der Waals surface area contributed by atoms with Crippen molar-refractivity contribution in [1.29, 1.82) is 0 Å². The number of hydrogen-bond acceptors (Lipinski definition) is 5. The van der Waals surface area contributed by atoms with E-state index in [0.29, 0.717) is 13.1 Å². The number of nitrogens with one attached hydrogen (secondary N) is 1. The lowest BCUT2D eigenvalue weighted by Crippen LogP contribution is -2.55. The van der Waals surface area contributed by atoms with Crippen molar-refractivity contribution in [2.24, 2.45) is 0 Å². The molecule has 7 heteroatoms. The highest BCUT2D eigenvalue weighted by molar-refractivity contribution is 5.82. The van der Waals surface area contributed by atoms with Crippen LogP contribution < -0.4 is 11.0 Å². The van der Waals surface area contributed by atoms with Crippen molar-refractivity contribution in [3.8, 4) is 0 Å². The van der Waals surface area contributed by atoms with E-state index in [-0.39, 0.29) is 12.2 Å². The highest BCUT2D eigenvalue weighted by Crippen LogP contribution is 2.18. The molecule has 1 aliphatic rings. The van der Waals surface area contributed by atoms with Gasteiger partial charge in [-0.2, -0.15) is 0 Å². The highest BCUT2D eigenvalue weighted by atomic mass is 16.5. The number of methoxy groups -OCH3 is 1. The summed E-state index contributed by atoms with van der Waals surface area (Å²) in [6.07, 6.45) is 5.07. The Bertz CT molecular complexity index is 860. The van der Waals surface area contributed by atoms with E-state index >= 15 is 0 Å². The van der Waals surface area contributed by atoms with Crippen molar-refractivity contribution < 1.29 is 14.6 Å². The van der Waals surface area contributed by atoms with E-state index in [1.165, 1.54) is 13.2 Å². The molecule has 1 aromatic carbocycles. The molecule has 3 rings (SSSR count). The monoisotopic (exact) mass is 355 g/mol. The number of hydrazine groups is 1. The highest BCUT2D eigenvalue weighted by Gasteiger charge is 2.40. The predicted molar refractivity (Wildman–Crippen MR) is 96.3 cm³/mol. The second-order valence-corrected chi connectivity index (χ2v) is 6.25. The molecular weight excluding hydrogens is 334 g/mol. The van der Waals surface area contributed by atoms with Gasteiger partial charge >= 0.3 is 5.97 Å². The lowest BCUT2D eigenvalue weighted by Gasteiger charge is -2.26. The van der Waals surface area contributed by atoms with Crippen molar-refractivity contribution >= 4 is 5.97 Å². The number of nitrogens with zero attached hydrogens (tertiary/aromatic N) is 2. The van der Waals surface area contributed by atoms with Gasteiger partial charge in [-0.15, -0.1) is 0 Å². The first kappa shape index (κ1) is 17.9. The van der Waals surface area contributed by atoms with Crippen LogP contribution in [0.1, 0.15) is 11.1 Å². The number of aromatic nitrogens is 1. The number of hydrogen-bond donors (Lipinski definition) is 2. The molecule has 2 heterocycles. The third-order valence-electron chi connectivity index (χ3n) is 4.26. The van der Waals surface area contributed by atoms with Crippen molar-refractivity contribution in [3.05, 3.63) is 82.4 Å². The fraction of sp³-hybridized carbons (Fsp3) is 0.263. The van der Waals surface area contributed by atoms with Crippen LogP contribution in [0, 0.1) is 0 Å². The van der Waals surface area contributed by atoms with Crippen LogP contribution in [0.4, 0.5) is 0 Å². The number of ether oxygens (including phenoxy) is 1. The van der Waals surface area contributed by atoms with E-state index in [4.69, 9.17) is 4.74 Å². The molecule has 0 aliphatic carbocycles. The molecule has 1 aromatic heterocycles. The first-order valence-electron chi connectivity index (χ1n) is 8.22. The third kappa shape index (κ3) is 3.84. The Morgan fingerprint density at radius 1 is 1.15 bits per heavy atom. The van der Waals surface area contributed by atoms with Gasteiger partial charge in [0.1, 0.15) is 0 Å². The van der Waals surface area contributed by atoms with Gasteiger partial charge in [-0.1, -0.05) is 30.3 Å². The fourth-order valence-electron chi connectivity index (χ4n) is 2.86. The quantitative estimate of drug-likeness (QED) is 0.777. The zero-order chi connectivity index (χ0) is 18.6. The van der Waals surface area contributed by atoms with Crippen LogP contribution >= 0.6 is 0 Å². The van der Waals surface area contributed by atoms with Crippen LogP contribution in [-0.2, 0) is 22.6 Å². The van der Waals surface area contributed by atoms with Crippen LogP contribution in [0.5, 0.6) is 0 Å². The maximum atomic E-state index is 11.8. The van der Waals surface area contributed by atoms with Gasteiger partial charge in [0.05, 0.1) is 19.7 Å². The Hall–Kier alpha value is -2.90. The number of rotatable bonds is 7. The lowest BCUT2D eigenvalue weighted by molar-refractivity contribution is -0.146. The minimum Gasteiger partial charge on any atom is -0.480 e. The Morgan fingerprint density at radius 3 is 2.46 bits per heavy atom. The van der Waals surface area contributed by atoms with E-state index < -0.39 is 11.5 Å². The molecular formula is C19H21N3O4. The van der Waals surface area contributed by atoms with Gasteiger partial charge in [0.15, 0.2) is 5.54 Å². The van der Waals surface area contributed by atoms with Gasteiger partial charge < -0.3 is 19.4 Å². The summed E-state index contributed by atoms with van der Waals surface area (Å²) < 4.78 is 6.67. The molecule has 1 atom stereocenters. The average Bonchev–Trinajstić information content (AvgIpc) is 3.03. The smallest absolute Gasteiger partial charge is 0.332 e. The summed E-state index contributed by atoms with van der Waals surface area (Å²) in [6.45, 7) is 1.07. The van der Waals surface area contributed by atoms with Crippen LogP contribution in [-0.4, -0.2) is 39.9 Å². The third-order valence-corrected chi connectivity index (χ3v) is 4.26. The van der Waals surface area contributed by atoms with Gasteiger partial charge in [-0.25, -0.2) is 10.2 Å². The molecule has 0 spiro atoms. The average molecular weight is 355 g/mol. The van der Waals surface area contributed by atoms with Crippen LogP contribution in [0.3, 0.4) is 0 Å². The molecule has 2 aromatic rings. The predicted octanol–water partition coefficient (Wildman–Crippen LogP) is 1.20. The molecule has 0 bridgehead atoms. The number of aliphatic carboxylic acids is 1. The van der Waals surface area contributed by atoms with Crippen molar-refractivity contribution in [1.82, 2.24) is 15.0 Å². The summed E-state index contributed by atoms with van der Waals surface area (Å²) in [5.74, 6) is -0.984. The van der Waals surface area contributed by atoms with Crippen molar-refractivity contribution in [2.75, 3.05) is 13.7 Å². The molecule has 136 valence electrons. The second kappa shape index (κ2) is 7.55. The first-order valence-corrected chi connectivity index (χ1v) is 8.22. The Balaban J connectivity index is 1.64. The van der Waals surface area contributed by atoms with E-state index in [1.54, 1.807) is 34.1 Å². The first-order chi connectivity index (χ1) is 12.5. The summed E-state index contributed by atoms with van der Waals surface area (Å²) in [5, 5.41) is 11.2. The second-order valence-electron chi connectivity index (χ2n) is 6.25. The molecule has 0 saturated heterocycles. The summed E-state index contributed by atoms with van der Waals surface area (Å²) in [7, 11) is 1.47. The van der Waals surface area contributed by atoms with Crippen LogP contribution in [0.15, 0.2) is 65.7 Å². The van der Waals surface area contributed by atoms with E-state index in [9.17, 15) is 14.7 Å². The molecule has 0 saturated carbocycles. The number of pyridine rings is 1. The Kier molecular flexibility index (Phi) is 5.20. The standard InChI is InChI=1S/C19H21N3O4/c1-26-14-19(18(24)25)9-11-22(20-19)13-16-7-5-15(6-8-16)12-21-10-3-2-4-17(21)23/h2-11,20H,12-14H2,1H3,(H,24,25). The zero-order valence-corrected chi connectivity index (χ0v) is 14.5.